The van der Waals surface area contributed by atoms with Gasteiger partial charge in [-0.25, -0.2) is 15.0 Å². The number of aromatic nitrogens is 3. The van der Waals surface area contributed by atoms with Crippen LogP contribution in [0.3, 0.4) is 0 Å². The second kappa shape index (κ2) is 12.7. The summed E-state index contributed by atoms with van der Waals surface area (Å²) in [6, 6.07) is 65.9. The number of rotatable bonds is 6. The quantitative estimate of drug-likeness (QED) is 0.170. The van der Waals surface area contributed by atoms with Gasteiger partial charge in [0.15, 0.2) is 17.5 Å². The number of hydrogen-bond acceptors (Lipinski definition) is 3. The Labute approximate surface area is 291 Å². The van der Waals surface area contributed by atoms with E-state index in [1.165, 1.54) is 43.8 Å². The summed E-state index contributed by atoms with van der Waals surface area (Å²) in [6.45, 7) is 0. The minimum absolute atomic E-state index is 0.641. The maximum atomic E-state index is 5.00. The molecule has 0 aliphatic rings. The van der Waals surface area contributed by atoms with Gasteiger partial charge in [0.05, 0.1) is 0 Å². The molecular weight excluding hydrogens is 607 g/mol. The van der Waals surface area contributed by atoms with Gasteiger partial charge in [-0.05, 0) is 67.1 Å². The van der Waals surface area contributed by atoms with Crippen LogP contribution >= 0.6 is 0 Å². The average Bonchev–Trinajstić information content (AvgIpc) is 3.21. The van der Waals surface area contributed by atoms with Crippen LogP contribution in [0.25, 0.3) is 89.1 Å². The van der Waals surface area contributed by atoms with E-state index in [1.54, 1.807) is 0 Å². The molecule has 8 aromatic carbocycles. The molecular formula is C47H31N3. The smallest absolute Gasteiger partial charge is 0.164 e. The predicted molar refractivity (Wildman–Crippen MR) is 207 cm³/mol. The molecule has 3 heteroatoms. The second-order valence-corrected chi connectivity index (χ2v) is 12.4. The molecule has 3 nitrogen and oxygen atoms in total. The predicted octanol–water partition coefficient (Wildman–Crippen LogP) is 12.2. The van der Waals surface area contributed by atoms with Crippen LogP contribution in [-0.4, -0.2) is 15.0 Å². The van der Waals surface area contributed by atoms with Crippen molar-refractivity contribution in [2.24, 2.45) is 0 Å². The lowest BCUT2D eigenvalue weighted by atomic mass is 9.85. The third-order valence-corrected chi connectivity index (χ3v) is 9.30. The fourth-order valence-electron chi connectivity index (χ4n) is 6.97. The molecule has 1 aromatic heterocycles. The van der Waals surface area contributed by atoms with E-state index < -0.39 is 0 Å². The van der Waals surface area contributed by atoms with Crippen LogP contribution in [0.15, 0.2) is 188 Å². The van der Waals surface area contributed by atoms with E-state index in [-0.39, 0.29) is 0 Å². The fraction of sp³-hybridized carbons (Fsp3) is 0. The molecule has 0 spiro atoms. The van der Waals surface area contributed by atoms with Gasteiger partial charge in [0.2, 0.25) is 0 Å². The third-order valence-electron chi connectivity index (χ3n) is 9.30. The van der Waals surface area contributed by atoms with Gasteiger partial charge in [-0.1, -0.05) is 176 Å². The van der Waals surface area contributed by atoms with Gasteiger partial charge in [0.1, 0.15) is 0 Å². The molecule has 0 fully saturated rings. The molecule has 0 radical (unpaired) electrons. The average molecular weight is 638 g/mol. The summed E-state index contributed by atoms with van der Waals surface area (Å²) in [5, 5.41) is 4.93. The number of benzene rings is 8. The molecule has 0 aliphatic carbocycles. The van der Waals surface area contributed by atoms with E-state index in [0.717, 1.165) is 27.8 Å². The lowest BCUT2D eigenvalue weighted by Crippen LogP contribution is -2.00. The van der Waals surface area contributed by atoms with Crippen LogP contribution in [-0.2, 0) is 0 Å². The van der Waals surface area contributed by atoms with Gasteiger partial charge in [-0.3, -0.25) is 0 Å². The zero-order valence-corrected chi connectivity index (χ0v) is 27.2. The summed E-state index contributed by atoms with van der Waals surface area (Å²) in [7, 11) is 0. The molecule has 50 heavy (non-hydrogen) atoms. The molecule has 0 saturated carbocycles. The maximum Gasteiger partial charge on any atom is 0.164 e. The van der Waals surface area contributed by atoms with Crippen molar-refractivity contribution in [2.45, 2.75) is 0 Å². The molecule has 0 atom stereocenters. The van der Waals surface area contributed by atoms with Gasteiger partial charge in [-0.2, -0.15) is 0 Å². The van der Waals surface area contributed by atoms with Crippen LogP contribution in [0.2, 0.25) is 0 Å². The summed E-state index contributed by atoms with van der Waals surface area (Å²) >= 11 is 0. The van der Waals surface area contributed by atoms with Crippen molar-refractivity contribution in [3.8, 4) is 67.5 Å². The molecule has 9 aromatic rings. The Balaban J connectivity index is 1.25. The summed E-state index contributed by atoms with van der Waals surface area (Å²) < 4.78 is 0. The minimum Gasteiger partial charge on any atom is -0.208 e. The van der Waals surface area contributed by atoms with E-state index in [2.05, 4.69) is 127 Å². The van der Waals surface area contributed by atoms with Crippen molar-refractivity contribution in [3.63, 3.8) is 0 Å². The van der Waals surface area contributed by atoms with Crippen molar-refractivity contribution >= 4 is 21.5 Å². The van der Waals surface area contributed by atoms with Crippen LogP contribution in [0, 0.1) is 0 Å². The lowest BCUT2D eigenvalue weighted by Gasteiger charge is -2.19. The van der Waals surface area contributed by atoms with Crippen LogP contribution in [0.5, 0.6) is 0 Å². The Kier molecular flexibility index (Phi) is 7.49. The van der Waals surface area contributed by atoms with E-state index in [1.807, 2.05) is 60.7 Å². The zero-order chi connectivity index (χ0) is 33.3. The Morgan fingerprint density at radius 1 is 0.220 bits per heavy atom. The summed E-state index contributed by atoms with van der Waals surface area (Å²) in [5.74, 6) is 1.94. The summed E-state index contributed by atoms with van der Waals surface area (Å²) in [5.41, 5.74) is 9.98. The van der Waals surface area contributed by atoms with Gasteiger partial charge in [0, 0.05) is 16.7 Å². The lowest BCUT2D eigenvalue weighted by molar-refractivity contribution is 1.07. The van der Waals surface area contributed by atoms with Crippen molar-refractivity contribution in [1.82, 2.24) is 15.0 Å². The molecule has 0 aliphatic heterocycles. The SMILES string of the molecule is c1ccc(-c2nc(-c3ccccc3)nc(-c3cccc(-c4ccc5c(-c6ccccc6)c6ccccc6c(-c6ccccc6)c5c4)c3)n2)cc1. The van der Waals surface area contributed by atoms with Crippen molar-refractivity contribution in [2.75, 3.05) is 0 Å². The molecule has 9 rings (SSSR count). The number of fused-ring (bicyclic) bond motifs is 2. The van der Waals surface area contributed by atoms with Crippen LogP contribution in [0.1, 0.15) is 0 Å². The monoisotopic (exact) mass is 637 g/mol. The van der Waals surface area contributed by atoms with Gasteiger partial charge in [0.25, 0.3) is 0 Å². The van der Waals surface area contributed by atoms with Crippen LogP contribution < -0.4 is 0 Å². The zero-order valence-electron chi connectivity index (χ0n) is 27.2. The van der Waals surface area contributed by atoms with Crippen LogP contribution in [0.4, 0.5) is 0 Å². The molecule has 0 bridgehead atoms. The van der Waals surface area contributed by atoms with Gasteiger partial charge in [-0.15, -0.1) is 0 Å². The Hall–Kier alpha value is -6.71. The second-order valence-electron chi connectivity index (χ2n) is 12.4. The largest absolute Gasteiger partial charge is 0.208 e. The molecule has 0 amide bonds. The normalized spacial score (nSPS) is 11.2. The number of nitrogens with zero attached hydrogens (tertiary/aromatic N) is 3. The van der Waals surface area contributed by atoms with Crippen molar-refractivity contribution < 1.29 is 0 Å². The Morgan fingerprint density at radius 2 is 0.580 bits per heavy atom. The highest BCUT2D eigenvalue weighted by atomic mass is 15.0. The highest BCUT2D eigenvalue weighted by Gasteiger charge is 2.18. The first kappa shape index (κ1) is 29.4. The fourth-order valence-corrected chi connectivity index (χ4v) is 6.97. The first-order valence-corrected chi connectivity index (χ1v) is 16.9. The molecule has 0 unspecified atom stereocenters. The van der Waals surface area contributed by atoms with E-state index in [0.29, 0.717) is 17.5 Å². The van der Waals surface area contributed by atoms with E-state index in [4.69, 9.17) is 15.0 Å². The van der Waals surface area contributed by atoms with Gasteiger partial charge >= 0.3 is 0 Å². The summed E-state index contributed by atoms with van der Waals surface area (Å²) in [4.78, 5) is 14.9. The molecule has 0 N–H and O–H groups in total. The van der Waals surface area contributed by atoms with Crippen molar-refractivity contribution in [1.29, 1.82) is 0 Å². The Bertz CT molecular complexity index is 2560. The van der Waals surface area contributed by atoms with Gasteiger partial charge < -0.3 is 0 Å². The first-order valence-electron chi connectivity index (χ1n) is 16.9. The molecule has 1 heterocycles. The third kappa shape index (κ3) is 5.41. The first-order chi connectivity index (χ1) is 24.8. The topological polar surface area (TPSA) is 38.7 Å². The minimum atomic E-state index is 0.641. The maximum absolute atomic E-state index is 5.00. The summed E-state index contributed by atoms with van der Waals surface area (Å²) in [6.07, 6.45) is 0. The number of hydrogen-bond donors (Lipinski definition) is 0. The molecule has 0 saturated heterocycles. The Morgan fingerprint density at radius 3 is 1.10 bits per heavy atom. The van der Waals surface area contributed by atoms with Crippen molar-refractivity contribution in [3.05, 3.63) is 188 Å². The standard InChI is InChI=1S/C47H31N3/c1-5-16-32(17-6-1)43-39-26-13-14-27-40(39)44(33-18-7-2-8-19-33)42-31-37(28-29-41(42)43)36-24-15-25-38(30-36)47-49-45(34-20-9-3-10-21-34)48-46(50-47)35-22-11-4-12-23-35/h1-31H. The van der Waals surface area contributed by atoms with E-state index in [9.17, 15) is 0 Å². The highest BCUT2D eigenvalue weighted by Crippen LogP contribution is 2.44. The highest BCUT2D eigenvalue weighted by molar-refractivity contribution is 6.22. The van der Waals surface area contributed by atoms with E-state index >= 15 is 0 Å². The molecule has 234 valence electrons.